The first-order valence-corrected chi connectivity index (χ1v) is 6.03. The summed E-state index contributed by atoms with van der Waals surface area (Å²) >= 11 is 0. The van der Waals surface area contributed by atoms with Crippen molar-refractivity contribution in [2.45, 2.75) is 13.8 Å². The lowest BCUT2D eigenvalue weighted by atomic mass is 10.2. The van der Waals surface area contributed by atoms with Crippen LogP contribution < -0.4 is 4.74 Å². The van der Waals surface area contributed by atoms with Gasteiger partial charge in [-0.15, -0.1) is 0 Å². The fraction of sp³-hybridized carbons (Fsp3) is 0.267. The Hall–Kier alpha value is -2.43. The molecule has 0 saturated carbocycles. The average Bonchev–Trinajstić information content (AvgIpc) is 2.44. The quantitative estimate of drug-likeness (QED) is 0.344. The Kier molecular flexibility index (Phi) is 5.65. The van der Waals surface area contributed by atoms with Crippen LogP contribution in [0, 0.1) is 5.92 Å². The molecule has 0 radical (unpaired) electrons. The van der Waals surface area contributed by atoms with Gasteiger partial charge in [-0.1, -0.05) is 6.58 Å². The van der Waals surface area contributed by atoms with E-state index >= 15 is 0 Å². The van der Waals surface area contributed by atoms with Gasteiger partial charge in [0.25, 0.3) is 0 Å². The van der Waals surface area contributed by atoms with Gasteiger partial charge in [0.2, 0.25) is 0 Å². The van der Waals surface area contributed by atoms with E-state index in [9.17, 15) is 14.4 Å². The Balaban J connectivity index is 2.50. The fourth-order valence-corrected chi connectivity index (χ4v) is 1.22. The van der Waals surface area contributed by atoms with Gasteiger partial charge in [0, 0.05) is 11.1 Å². The first-order chi connectivity index (χ1) is 9.43. The highest BCUT2D eigenvalue weighted by Crippen LogP contribution is 2.13. The molecule has 1 aromatic carbocycles. The predicted molar refractivity (Wildman–Crippen MR) is 72.4 cm³/mol. The van der Waals surface area contributed by atoms with Crippen molar-refractivity contribution >= 4 is 18.2 Å². The van der Waals surface area contributed by atoms with Crippen molar-refractivity contribution in [2.75, 3.05) is 6.61 Å². The van der Waals surface area contributed by atoms with Crippen LogP contribution in [-0.4, -0.2) is 24.8 Å². The molecular weight excluding hydrogens is 260 g/mol. The molecule has 0 amide bonds. The highest BCUT2D eigenvalue weighted by atomic mass is 16.6. The standard InChI is InChI=1S/C15H16O5/c1-10(2)14(17)19-9-11(3)15(18)20-13-6-4-12(8-16)5-7-13/h4-8,11H,1,9H2,2-3H3. The molecule has 1 aromatic rings. The molecule has 0 aliphatic rings. The topological polar surface area (TPSA) is 69.7 Å². The number of aldehydes is 1. The second-order valence-electron chi connectivity index (χ2n) is 4.39. The van der Waals surface area contributed by atoms with Gasteiger partial charge in [-0.05, 0) is 38.1 Å². The smallest absolute Gasteiger partial charge is 0.333 e. The third kappa shape index (κ3) is 4.68. The molecule has 0 bridgehead atoms. The van der Waals surface area contributed by atoms with E-state index in [1.807, 2.05) is 0 Å². The van der Waals surface area contributed by atoms with E-state index in [0.29, 0.717) is 17.6 Å². The molecule has 0 heterocycles. The summed E-state index contributed by atoms with van der Waals surface area (Å²) in [5.41, 5.74) is 0.767. The molecule has 1 unspecified atom stereocenters. The minimum atomic E-state index is -0.593. The molecule has 5 heteroatoms. The van der Waals surface area contributed by atoms with Crippen molar-refractivity contribution in [3.63, 3.8) is 0 Å². The lowest BCUT2D eigenvalue weighted by Crippen LogP contribution is -2.24. The van der Waals surface area contributed by atoms with Crippen LogP contribution in [0.2, 0.25) is 0 Å². The summed E-state index contributed by atoms with van der Waals surface area (Å²) in [7, 11) is 0. The molecule has 5 nitrogen and oxygen atoms in total. The summed E-state index contributed by atoms with van der Waals surface area (Å²) in [5, 5.41) is 0. The van der Waals surface area contributed by atoms with Crippen LogP contribution in [0.25, 0.3) is 0 Å². The van der Waals surface area contributed by atoms with Gasteiger partial charge in [-0.25, -0.2) is 4.79 Å². The van der Waals surface area contributed by atoms with Gasteiger partial charge in [-0.3, -0.25) is 9.59 Å². The third-order valence-corrected chi connectivity index (χ3v) is 2.45. The molecule has 0 N–H and O–H groups in total. The number of esters is 2. The summed E-state index contributed by atoms with van der Waals surface area (Å²) in [6.07, 6.45) is 0.700. The van der Waals surface area contributed by atoms with Crippen molar-refractivity contribution in [1.82, 2.24) is 0 Å². The summed E-state index contributed by atoms with van der Waals surface area (Å²) in [4.78, 5) is 33.4. The van der Waals surface area contributed by atoms with Crippen molar-refractivity contribution < 1.29 is 23.9 Å². The molecule has 0 aliphatic heterocycles. The lowest BCUT2D eigenvalue weighted by molar-refractivity contribution is -0.146. The summed E-state index contributed by atoms with van der Waals surface area (Å²) in [6.45, 7) is 6.49. The molecular formula is C15H16O5. The van der Waals surface area contributed by atoms with Gasteiger partial charge in [0.15, 0.2) is 0 Å². The van der Waals surface area contributed by atoms with Crippen molar-refractivity contribution in [3.05, 3.63) is 42.0 Å². The number of hydrogen-bond acceptors (Lipinski definition) is 5. The van der Waals surface area contributed by atoms with Crippen molar-refractivity contribution in [2.24, 2.45) is 5.92 Å². The van der Waals surface area contributed by atoms with Gasteiger partial charge < -0.3 is 9.47 Å². The molecule has 106 valence electrons. The number of hydrogen-bond donors (Lipinski definition) is 0. The SMILES string of the molecule is C=C(C)C(=O)OCC(C)C(=O)Oc1ccc(C=O)cc1. The monoisotopic (exact) mass is 276 g/mol. The first kappa shape index (κ1) is 15.6. The fourth-order valence-electron chi connectivity index (χ4n) is 1.22. The van der Waals surface area contributed by atoms with Gasteiger partial charge in [0.1, 0.15) is 18.6 Å². The van der Waals surface area contributed by atoms with Crippen LogP contribution in [0.5, 0.6) is 5.75 Å². The largest absolute Gasteiger partial charge is 0.461 e. The molecule has 0 aliphatic carbocycles. The molecule has 20 heavy (non-hydrogen) atoms. The lowest BCUT2D eigenvalue weighted by Gasteiger charge is -2.11. The van der Waals surface area contributed by atoms with Crippen molar-refractivity contribution in [1.29, 1.82) is 0 Å². The summed E-state index contributed by atoms with van der Waals surface area (Å²) in [6, 6.07) is 6.13. The van der Waals surface area contributed by atoms with E-state index in [-0.39, 0.29) is 12.2 Å². The van der Waals surface area contributed by atoms with Crippen LogP contribution in [0.15, 0.2) is 36.4 Å². The highest BCUT2D eigenvalue weighted by molar-refractivity contribution is 5.87. The molecule has 0 aromatic heterocycles. The highest BCUT2D eigenvalue weighted by Gasteiger charge is 2.17. The van der Waals surface area contributed by atoms with Crippen molar-refractivity contribution in [3.8, 4) is 5.75 Å². The maximum absolute atomic E-state index is 11.7. The Bertz CT molecular complexity index is 516. The van der Waals surface area contributed by atoms with Crippen LogP contribution in [0.4, 0.5) is 0 Å². The Morgan fingerprint density at radius 3 is 2.40 bits per heavy atom. The average molecular weight is 276 g/mol. The molecule has 1 rings (SSSR count). The zero-order valence-corrected chi connectivity index (χ0v) is 11.4. The molecule has 0 saturated heterocycles. The normalized spacial score (nSPS) is 11.3. The van der Waals surface area contributed by atoms with E-state index in [1.54, 1.807) is 19.1 Å². The van der Waals surface area contributed by atoms with Crippen LogP contribution in [0.3, 0.4) is 0 Å². The number of ether oxygens (including phenoxy) is 2. The van der Waals surface area contributed by atoms with E-state index in [1.165, 1.54) is 19.1 Å². The third-order valence-electron chi connectivity index (χ3n) is 2.45. The maximum Gasteiger partial charge on any atom is 0.333 e. The zero-order valence-electron chi connectivity index (χ0n) is 11.4. The van der Waals surface area contributed by atoms with Crippen LogP contribution in [0.1, 0.15) is 24.2 Å². The summed E-state index contributed by atoms with van der Waals surface area (Å²) in [5.74, 6) is -1.32. The summed E-state index contributed by atoms with van der Waals surface area (Å²) < 4.78 is 9.97. The predicted octanol–water partition coefficient (Wildman–Crippen LogP) is 2.16. The number of rotatable bonds is 6. The minimum Gasteiger partial charge on any atom is -0.461 e. The first-order valence-electron chi connectivity index (χ1n) is 6.03. The maximum atomic E-state index is 11.7. The number of benzene rings is 1. The Labute approximate surface area is 117 Å². The second kappa shape index (κ2) is 7.23. The van der Waals surface area contributed by atoms with Gasteiger partial charge in [-0.2, -0.15) is 0 Å². The second-order valence-corrected chi connectivity index (χ2v) is 4.39. The Morgan fingerprint density at radius 2 is 1.90 bits per heavy atom. The van der Waals surface area contributed by atoms with E-state index in [2.05, 4.69) is 6.58 Å². The van der Waals surface area contributed by atoms with E-state index < -0.39 is 17.9 Å². The van der Waals surface area contributed by atoms with E-state index in [4.69, 9.17) is 9.47 Å². The van der Waals surface area contributed by atoms with Gasteiger partial charge in [0.05, 0.1) is 5.92 Å². The Morgan fingerprint density at radius 1 is 1.30 bits per heavy atom. The minimum absolute atomic E-state index is 0.0725. The molecule has 0 fully saturated rings. The zero-order chi connectivity index (χ0) is 15.1. The van der Waals surface area contributed by atoms with Crippen LogP contribution in [-0.2, 0) is 14.3 Å². The van der Waals surface area contributed by atoms with Gasteiger partial charge >= 0.3 is 11.9 Å². The number of carbonyl (C=O) groups is 3. The van der Waals surface area contributed by atoms with E-state index in [0.717, 1.165) is 0 Å². The molecule has 0 spiro atoms. The number of carbonyl (C=O) groups excluding carboxylic acids is 3. The van der Waals surface area contributed by atoms with Crippen LogP contribution >= 0.6 is 0 Å². The molecule has 1 atom stereocenters.